The molecule has 3 nitrogen and oxygen atoms in total. The molecule has 17 heavy (non-hydrogen) atoms. The Balaban J connectivity index is 2.26. The van der Waals surface area contributed by atoms with E-state index in [0.29, 0.717) is 18.2 Å². The molecule has 1 aromatic heterocycles. The minimum Gasteiger partial charge on any atom is -0.474 e. The molecule has 0 N–H and O–H groups in total. The zero-order valence-electron chi connectivity index (χ0n) is 9.38. The van der Waals surface area contributed by atoms with Gasteiger partial charge in [-0.2, -0.15) is 13.2 Å². The number of rotatable bonds is 1. The smallest absolute Gasteiger partial charge is 0.417 e. The minimum atomic E-state index is -4.37. The Morgan fingerprint density at radius 1 is 1.29 bits per heavy atom. The van der Waals surface area contributed by atoms with Gasteiger partial charge in [-0.15, -0.1) is 0 Å². The number of aliphatic imine (C=N–C) groups is 1. The van der Waals surface area contributed by atoms with Gasteiger partial charge in [0.2, 0.25) is 5.90 Å². The number of alkyl halides is 3. The van der Waals surface area contributed by atoms with Crippen molar-refractivity contribution in [1.82, 2.24) is 4.98 Å². The molecule has 0 radical (unpaired) electrons. The van der Waals surface area contributed by atoms with Gasteiger partial charge >= 0.3 is 6.18 Å². The van der Waals surface area contributed by atoms with Gasteiger partial charge in [0.25, 0.3) is 0 Å². The molecule has 1 aliphatic rings. The van der Waals surface area contributed by atoms with E-state index >= 15 is 0 Å². The highest BCUT2D eigenvalue weighted by Crippen LogP contribution is 2.29. The van der Waals surface area contributed by atoms with Crippen LogP contribution in [0.5, 0.6) is 0 Å². The summed E-state index contributed by atoms with van der Waals surface area (Å²) in [7, 11) is 0. The number of hydrogen-bond donors (Lipinski definition) is 0. The lowest BCUT2D eigenvalue weighted by atomic mass is 10.1. The Kier molecular flexibility index (Phi) is 2.60. The van der Waals surface area contributed by atoms with Gasteiger partial charge in [-0.3, -0.25) is 4.98 Å². The van der Waals surface area contributed by atoms with E-state index < -0.39 is 11.7 Å². The third-order valence-electron chi connectivity index (χ3n) is 2.28. The average molecular weight is 244 g/mol. The summed E-state index contributed by atoms with van der Waals surface area (Å²) in [5.41, 5.74) is -0.803. The summed E-state index contributed by atoms with van der Waals surface area (Å²) in [5, 5.41) is 0. The molecule has 1 aliphatic heterocycles. The highest BCUT2D eigenvalue weighted by molar-refractivity contribution is 5.93. The van der Waals surface area contributed by atoms with Crippen molar-refractivity contribution in [3.63, 3.8) is 0 Å². The van der Waals surface area contributed by atoms with Crippen molar-refractivity contribution >= 4 is 5.90 Å². The van der Waals surface area contributed by atoms with E-state index in [1.807, 2.05) is 13.8 Å². The molecule has 2 heterocycles. The van der Waals surface area contributed by atoms with Crippen LogP contribution < -0.4 is 0 Å². The largest absolute Gasteiger partial charge is 0.474 e. The Morgan fingerprint density at radius 2 is 2.00 bits per heavy atom. The van der Waals surface area contributed by atoms with Crippen molar-refractivity contribution in [2.24, 2.45) is 4.99 Å². The maximum Gasteiger partial charge on any atom is 0.417 e. The predicted octanol–water partition coefficient (Wildman–Crippen LogP) is 2.66. The molecule has 1 aromatic rings. The van der Waals surface area contributed by atoms with Gasteiger partial charge in [0.05, 0.1) is 11.1 Å². The Hall–Kier alpha value is -1.59. The fourth-order valence-electron chi connectivity index (χ4n) is 1.40. The number of pyridine rings is 1. The molecule has 0 saturated heterocycles. The maximum atomic E-state index is 12.3. The normalized spacial score (nSPS) is 18.8. The Bertz CT molecular complexity index is 449. The highest BCUT2D eigenvalue weighted by atomic mass is 19.4. The zero-order chi connectivity index (χ0) is 12.7. The highest BCUT2D eigenvalue weighted by Gasteiger charge is 2.32. The van der Waals surface area contributed by atoms with Gasteiger partial charge in [0.15, 0.2) is 0 Å². The number of aromatic nitrogens is 1. The monoisotopic (exact) mass is 244 g/mol. The summed E-state index contributed by atoms with van der Waals surface area (Å²) in [4.78, 5) is 7.95. The summed E-state index contributed by atoms with van der Waals surface area (Å²) >= 11 is 0. The van der Waals surface area contributed by atoms with E-state index in [9.17, 15) is 13.2 Å². The van der Waals surface area contributed by atoms with Gasteiger partial charge in [0, 0.05) is 6.20 Å². The standard InChI is InChI=1S/C11H11F3N2O/c1-10(2)6-17-9(16-10)8-4-3-7(5-15-8)11(12,13)14/h3-5H,6H2,1-2H3. The molecule has 0 aromatic carbocycles. The molecular formula is C11H11F3N2O. The molecule has 0 saturated carbocycles. The number of ether oxygens (including phenoxy) is 1. The van der Waals surface area contributed by atoms with Crippen molar-refractivity contribution in [3.05, 3.63) is 29.6 Å². The lowest BCUT2D eigenvalue weighted by Crippen LogP contribution is -2.17. The molecule has 0 spiro atoms. The van der Waals surface area contributed by atoms with Crippen LogP contribution in [-0.4, -0.2) is 23.0 Å². The summed E-state index contributed by atoms with van der Waals surface area (Å²) in [6, 6.07) is 2.24. The van der Waals surface area contributed by atoms with Crippen molar-refractivity contribution in [2.45, 2.75) is 25.6 Å². The van der Waals surface area contributed by atoms with E-state index in [1.54, 1.807) is 0 Å². The van der Waals surface area contributed by atoms with Crippen molar-refractivity contribution in [3.8, 4) is 0 Å². The summed E-state index contributed by atoms with van der Waals surface area (Å²) in [6.45, 7) is 4.17. The predicted molar refractivity (Wildman–Crippen MR) is 55.8 cm³/mol. The molecule has 0 atom stereocenters. The van der Waals surface area contributed by atoms with Crippen LogP contribution in [0.4, 0.5) is 13.2 Å². The Labute approximate surface area is 96.3 Å². The Morgan fingerprint density at radius 3 is 2.41 bits per heavy atom. The first kappa shape index (κ1) is 11.9. The van der Waals surface area contributed by atoms with Crippen LogP contribution in [0.3, 0.4) is 0 Å². The zero-order valence-corrected chi connectivity index (χ0v) is 9.38. The lowest BCUT2D eigenvalue weighted by Gasteiger charge is -2.07. The molecule has 0 aliphatic carbocycles. The van der Waals surface area contributed by atoms with Crippen LogP contribution in [0.25, 0.3) is 0 Å². The van der Waals surface area contributed by atoms with Crippen LogP contribution in [0.15, 0.2) is 23.3 Å². The van der Waals surface area contributed by atoms with E-state index in [0.717, 1.165) is 12.3 Å². The van der Waals surface area contributed by atoms with Gasteiger partial charge in [-0.05, 0) is 26.0 Å². The molecular weight excluding hydrogens is 233 g/mol. The SMILES string of the molecule is CC1(C)COC(c2ccc(C(F)(F)F)cn2)=N1. The van der Waals surface area contributed by atoms with Gasteiger partial charge < -0.3 is 4.74 Å². The van der Waals surface area contributed by atoms with Crippen LogP contribution in [0.1, 0.15) is 25.1 Å². The summed E-state index contributed by atoms with van der Waals surface area (Å²) < 4.78 is 42.2. The van der Waals surface area contributed by atoms with Crippen LogP contribution in [0.2, 0.25) is 0 Å². The first-order chi connectivity index (χ1) is 7.78. The number of nitrogens with zero attached hydrogens (tertiary/aromatic N) is 2. The van der Waals surface area contributed by atoms with Gasteiger partial charge in [-0.1, -0.05) is 0 Å². The fraction of sp³-hybridized carbons (Fsp3) is 0.455. The lowest BCUT2D eigenvalue weighted by molar-refractivity contribution is -0.137. The second-order valence-electron chi connectivity index (χ2n) is 4.45. The fourth-order valence-corrected chi connectivity index (χ4v) is 1.40. The first-order valence-electron chi connectivity index (χ1n) is 5.04. The third-order valence-corrected chi connectivity index (χ3v) is 2.28. The second-order valence-corrected chi connectivity index (χ2v) is 4.45. The maximum absolute atomic E-state index is 12.3. The van der Waals surface area contributed by atoms with Crippen molar-refractivity contribution in [1.29, 1.82) is 0 Å². The van der Waals surface area contributed by atoms with E-state index in [4.69, 9.17) is 4.74 Å². The summed E-state index contributed by atoms with van der Waals surface area (Å²) in [5.74, 6) is 0.295. The second kappa shape index (κ2) is 3.72. The molecule has 6 heteroatoms. The minimum absolute atomic E-state index is 0.295. The molecule has 0 fully saturated rings. The van der Waals surface area contributed by atoms with Crippen LogP contribution in [0, 0.1) is 0 Å². The van der Waals surface area contributed by atoms with Crippen molar-refractivity contribution in [2.75, 3.05) is 6.61 Å². The van der Waals surface area contributed by atoms with E-state index in [1.165, 1.54) is 6.07 Å². The van der Waals surface area contributed by atoms with Crippen LogP contribution in [-0.2, 0) is 10.9 Å². The first-order valence-corrected chi connectivity index (χ1v) is 5.04. The molecule has 0 amide bonds. The average Bonchev–Trinajstić information content (AvgIpc) is 2.58. The van der Waals surface area contributed by atoms with Crippen LogP contribution >= 0.6 is 0 Å². The van der Waals surface area contributed by atoms with Gasteiger partial charge in [-0.25, -0.2) is 4.99 Å². The quantitative estimate of drug-likeness (QED) is 0.761. The van der Waals surface area contributed by atoms with Crippen molar-refractivity contribution < 1.29 is 17.9 Å². The topological polar surface area (TPSA) is 34.5 Å². The van der Waals surface area contributed by atoms with E-state index in [-0.39, 0.29) is 5.54 Å². The molecule has 0 unspecified atom stereocenters. The number of halogens is 3. The van der Waals surface area contributed by atoms with E-state index in [2.05, 4.69) is 9.98 Å². The number of hydrogen-bond acceptors (Lipinski definition) is 3. The summed E-state index contributed by atoms with van der Waals surface area (Å²) in [6.07, 6.45) is -3.59. The van der Waals surface area contributed by atoms with Gasteiger partial charge in [0.1, 0.15) is 12.3 Å². The molecule has 2 rings (SSSR count). The molecule has 0 bridgehead atoms. The third kappa shape index (κ3) is 2.57. The molecule has 92 valence electrons.